The van der Waals surface area contributed by atoms with Crippen LogP contribution in [0, 0.1) is 0 Å². The van der Waals surface area contributed by atoms with Gasteiger partial charge in [0.15, 0.2) is 0 Å². The molecule has 0 radical (unpaired) electrons. The molecule has 0 aromatic heterocycles. The molecule has 0 saturated carbocycles. The van der Waals surface area contributed by atoms with Crippen molar-refractivity contribution in [2.24, 2.45) is 0 Å². The van der Waals surface area contributed by atoms with Crippen LogP contribution in [0.15, 0.2) is 52.4 Å². The molecule has 14 heavy (non-hydrogen) atoms. The molecule has 1 aliphatic heterocycles. The molecule has 1 N–H and O–H groups in total. The highest BCUT2D eigenvalue weighted by molar-refractivity contribution is 8.03. The third kappa shape index (κ3) is 1.70. The normalized spacial score (nSPS) is 17.8. The Morgan fingerprint density at radius 3 is 3.00 bits per heavy atom. The molecule has 0 aliphatic carbocycles. The fourth-order valence-electron chi connectivity index (χ4n) is 1.41. The number of benzene rings is 1. The summed E-state index contributed by atoms with van der Waals surface area (Å²) in [7, 11) is 0. The van der Waals surface area contributed by atoms with Gasteiger partial charge in [-0.3, -0.25) is 0 Å². The Morgan fingerprint density at radius 1 is 1.43 bits per heavy atom. The molecule has 1 heterocycles. The molecule has 72 valence electrons. The zero-order chi connectivity index (χ0) is 9.97. The van der Waals surface area contributed by atoms with Gasteiger partial charge in [-0.1, -0.05) is 43.5 Å². The number of rotatable bonds is 1. The first-order valence-electron chi connectivity index (χ1n) is 4.74. The molecule has 2 heteroatoms. The first-order valence-corrected chi connectivity index (χ1v) is 5.56. The van der Waals surface area contributed by atoms with E-state index in [1.54, 1.807) is 11.8 Å². The largest absolute Gasteiger partial charge is 0.354 e. The number of thioether (sulfide) groups is 1. The molecule has 0 bridgehead atoms. The topological polar surface area (TPSA) is 12.0 Å². The van der Waals surface area contributed by atoms with Gasteiger partial charge in [-0.05, 0) is 18.6 Å². The summed E-state index contributed by atoms with van der Waals surface area (Å²) in [6.45, 7) is 6.15. The third-order valence-electron chi connectivity index (χ3n) is 2.08. The van der Waals surface area contributed by atoms with Crippen LogP contribution in [0.3, 0.4) is 0 Å². The smallest absolute Gasteiger partial charge is 0.0526 e. The van der Waals surface area contributed by atoms with Gasteiger partial charge in [-0.2, -0.15) is 0 Å². The van der Waals surface area contributed by atoms with Crippen molar-refractivity contribution >= 4 is 17.4 Å². The predicted octanol–water partition coefficient (Wildman–Crippen LogP) is 4.01. The van der Waals surface area contributed by atoms with E-state index in [2.05, 4.69) is 43.1 Å². The zero-order valence-corrected chi connectivity index (χ0v) is 9.03. The molecule has 0 spiro atoms. The first kappa shape index (κ1) is 9.41. The lowest BCUT2D eigenvalue weighted by Gasteiger charge is -2.21. The second-order valence-electron chi connectivity index (χ2n) is 3.18. The monoisotopic (exact) mass is 203 g/mol. The summed E-state index contributed by atoms with van der Waals surface area (Å²) in [6, 6.07) is 8.30. The fourth-order valence-corrected chi connectivity index (χ4v) is 2.45. The van der Waals surface area contributed by atoms with E-state index in [1.165, 1.54) is 9.80 Å². The van der Waals surface area contributed by atoms with Gasteiger partial charge >= 0.3 is 0 Å². The van der Waals surface area contributed by atoms with Crippen molar-refractivity contribution in [3.8, 4) is 0 Å². The van der Waals surface area contributed by atoms with Gasteiger partial charge in [-0.25, -0.2) is 0 Å². The van der Waals surface area contributed by atoms with Crippen molar-refractivity contribution < 1.29 is 0 Å². The van der Waals surface area contributed by atoms with Crippen LogP contribution in [0.4, 0.5) is 5.69 Å². The van der Waals surface area contributed by atoms with Crippen LogP contribution >= 0.6 is 11.8 Å². The number of para-hydroxylation sites is 1. The van der Waals surface area contributed by atoms with Crippen LogP contribution in [-0.2, 0) is 0 Å². The van der Waals surface area contributed by atoms with E-state index in [1.807, 2.05) is 6.07 Å². The molecule has 0 atom stereocenters. The second kappa shape index (κ2) is 3.93. The zero-order valence-electron chi connectivity index (χ0n) is 8.21. The Balaban J connectivity index is 2.36. The summed E-state index contributed by atoms with van der Waals surface area (Å²) in [4.78, 5) is 2.52. The highest BCUT2D eigenvalue weighted by Gasteiger charge is 2.14. The highest BCUT2D eigenvalue weighted by Crippen LogP contribution is 2.41. The number of anilines is 1. The van der Waals surface area contributed by atoms with Crippen molar-refractivity contribution in [1.82, 2.24) is 0 Å². The van der Waals surface area contributed by atoms with Crippen molar-refractivity contribution in [2.45, 2.75) is 18.2 Å². The molecule has 0 saturated heterocycles. The van der Waals surface area contributed by atoms with Crippen molar-refractivity contribution in [2.75, 3.05) is 5.32 Å². The van der Waals surface area contributed by atoms with Gasteiger partial charge in [0.1, 0.15) is 0 Å². The minimum absolute atomic E-state index is 1.01. The number of nitrogens with one attached hydrogen (secondary N) is 1. The van der Waals surface area contributed by atoms with Gasteiger partial charge in [0.25, 0.3) is 0 Å². The molecular weight excluding hydrogens is 190 g/mol. The maximum absolute atomic E-state index is 4.01. The molecule has 2 rings (SSSR count). The first-order chi connectivity index (χ1) is 6.81. The van der Waals surface area contributed by atoms with Crippen molar-refractivity contribution in [3.63, 3.8) is 0 Å². The lowest BCUT2D eigenvalue weighted by molar-refractivity contribution is 1.21. The quantitative estimate of drug-likeness (QED) is 0.740. The van der Waals surface area contributed by atoms with Crippen LogP contribution in [0.2, 0.25) is 0 Å². The maximum Gasteiger partial charge on any atom is 0.0526 e. The van der Waals surface area contributed by atoms with Crippen LogP contribution in [0.25, 0.3) is 0 Å². The predicted molar refractivity (Wildman–Crippen MR) is 63.4 cm³/mol. The summed E-state index contributed by atoms with van der Waals surface area (Å²) < 4.78 is 0. The minimum Gasteiger partial charge on any atom is -0.354 e. The van der Waals surface area contributed by atoms with Crippen LogP contribution in [-0.4, -0.2) is 0 Å². The Bertz CT molecular complexity index is 393. The molecule has 1 aliphatic rings. The van der Waals surface area contributed by atoms with Gasteiger partial charge in [0.05, 0.1) is 5.69 Å². The SMILES string of the molecule is C=C1Nc2ccccc2S/C1=C/CC. The van der Waals surface area contributed by atoms with E-state index in [-0.39, 0.29) is 0 Å². The van der Waals surface area contributed by atoms with Gasteiger partial charge in [0.2, 0.25) is 0 Å². The number of hydrogen-bond acceptors (Lipinski definition) is 2. The Morgan fingerprint density at radius 2 is 2.21 bits per heavy atom. The average molecular weight is 203 g/mol. The number of fused-ring (bicyclic) bond motifs is 1. The molecule has 1 aromatic carbocycles. The van der Waals surface area contributed by atoms with Gasteiger partial charge < -0.3 is 5.32 Å². The second-order valence-corrected chi connectivity index (χ2v) is 4.26. The number of allylic oxidation sites excluding steroid dienone is 1. The standard InChI is InChI=1S/C12H13NS/c1-3-6-11-9(2)13-10-7-4-5-8-12(10)14-11/h4-8,13H,2-3H2,1H3/b11-6+. The molecule has 0 fully saturated rings. The Kier molecular flexibility index (Phi) is 2.64. The average Bonchev–Trinajstić information content (AvgIpc) is 2.19. The van der Waals surface area contributed by atoms with Gasteiger partial charge in [0, 0.05) is 15.5 Å². The summed E-state index contributed by atoms with van der Waals surface area (Å²) >= 11 is 1.79. The van der Waals surface area contributed by atoms with E-state index in [4.69, 9.17) is 0 Å². The van der Waals surface area contributed by atoms with Crippen LogP contribution in [0.5, 0.6) is 0 Å². The Hall–Kier alpha value is -1.15. The molecule has 0 amide bonds. The van der Waals surface area contributed by atoms with Crippen LogP contribution in [0.1, 0.15) is 13.3 Å². The minimum atomic E-state index is 1.01. The van der Waals surface area contributed by atoms with E-state index in [0.29, 0.717) is 0 Å². The summed E-state index contributed by atoms with van der Waals surface area (Å²) in [5.74, 6) is 0. The fraction of sp³-hybridized carbons (Fsp3) is 0.167. The van der Waals surface area contributed by atoms with E-state index in [0.717, 1.165) is 17.8 Å². The maximum atomic E-state index is 4.01. The summed E-state index contributed by atoms with van der Waals surface area (Å²) in [6.07, 6.45) is 3.25. The molecular formula is C12H13NS. The van der Waals surface area contributed by atoms with Crippen molar-refractivity contribution in [1.29, 1.82) is 0 Å². The molecule has 1 aromatic rings. The van der Waals surface area contributed by atoms with E-state index < -0.39 is 0 Å². The summed E-state index contributed by atoms with van der Waals surface area (Å²) in [5, 5.41) is 3.31. The summed E-state index contributed by atoms with van der Waals surface area (Å²) in [5.41, 5.74) is 2.17. The van der Waals surface area contributed by atoms with E-state index in [9.17, 15) is 0 Å². The van der Waals surface area contributed by atoms with Crippen LogP contribution < -0.4 is 5.32 Å². The lowest BCUT2D eigenvalue weighted by atomic mass is 10.3. The molecule has 1 nitrogen and oxygen atoms in total. The highest BCUT2D eigenvalue weighted by atomic mass is 32.2. The van der Waals surface area contributed by atoms with Gasteiger partial charge in [-0.15, -0.1) is 0 Å². The Labute approximate surface area is 88.9 Å². The molecule has 0 unspecified atom stereocenters. The lowest BCUT2D eigenvalue weighted by Crippen LogP contribution is -2.05. The number of hydrogen-bond donors (Lipinski definition) is 1. The van der Waals surface area contributed by atoms with E-state index >= 15 is 0 Å². The third-order valence-corrected chi connectivity index (χ3v) is 3.29. The van der Waals surface area contributed by atoms with Crippen molar-refractivity contribution in [3.05, 3.63) is 47.5 Å².